The number of hydrogen-bond donors (Lipinski definition) is 1. The van der Waals surface area contributed by atoms with Crippen LogP contribution in [0.2, 0.25) is 0 Å². The highest BCUT2D eigenvalue weighted by Gasteiger charge is 2.21. The molecule has 6 aromatic rings. The molecule has 1 fully saturated rings. The van der Waals surface area contributed by atoms with Gasteiger partial charge in [0, 0.05) is 49.2 Å². The number of nitrogens with zero attached hydrogens (tertiary/aromatic N) is 6. The van der Waals surface area contributed by atoms with Gasteiger partial charge in [-0.2, -0.15) is 0 Å². The fourth-order valence-corrected chi connectivity index (χ4v) is 6.87. The molecule has 0 saturated carbocycles. The summed E-state index contributed by atoms with van der Waals surface area (Å²) in [5.74, 6) is 0.282. The van der Waals surface area contributed by atoms with Gasteiger partial charge in [0.1, 0.15) is 0 Å². The molecule has 0 amide bonds. The van der Waals surface area contributed by atoms with Crippen LogP contribution in [0.15, 0.2) is 83.9 Å². The lowest BCUT2D eigenvalue weighted by atomic mass is 9.91. The molecule has 1 saturated heterocycles. The van der Waals surface area contributed by atoms with Crippen LogP contribution in [0.25, 0.3) is 43.4 Å². The summed E-state index contributed by atoms with van der Waals surface area (Å²) in [4.78, 5) is 34.9. The van der Waals surface area contributed by atoms with E-state index in [-0.39, 0.29) is 10.6 Å². The van der Waals surface area contributed by atoms with Crippen LogP contribution in [0.1, 0.15) is 35.4 Å². The maximum absolute atomic E-state index is 12.1. The van der Waals surface area contributed by atoms with E-state index < -0.39 is 5.97 Å². The van der Waals surface area contributed by atoms with E-state index in [2.05, 4.69) is 63.6 Å². The minimum Gasteiger partial charge on any atom is -0.476 e. The van der Waals surface area contributed by atoms with Crippen LogP contribution in [0.5, 0.6) is 0 Å². The Hall–Kier alpha value is -4.96. The first-order valence-corrected chi connectivity index (χ1v) is 15.5. The molecule has 1 aliphatic heterocycles. The van der Waals surface area contributed by atoms with E-state index in [4.69, 9.17) is 15.1 Å². The minimum atomic E-state index is -1.06. The van der Waals surface area contributed by atoms with Crippen molar-refractivity contribution in [3.05, 3.63) is 100 Å². The number of carboxylic acids is 1. The molecule has 0 atom stereocenters. The minimum absolute atomic E-state index is 0.0358. The summed E-state index contributed by atoms with van der Waals surface area (Å²) >= 11 is 1.27. The van der Waals surface area contributed by atoms with Crippen LogP contribution in [0, 0.1) is 5.92 Å². The fraction of sp³-hybridized carbons (Fsp3) is 0.235. The van der Waals surface area contributed by atoms with Gasteiger partial charge in [-0.15, -0.1) is 10.2 Å². The predicted molar refractivity (Wildman–Crippen MR) is 173 cm³/mol. The van der Waals surface area contributed by atoms with Crippen molar-refractivity contribution in [1.82, 2.24) is 24.7 Å². The van der Waals surface area contributed by atoms with Gasteiger partial charge >= 0.3 is 10.8 Å². The summed E-state index contributed by atoms with van der Waals surface area (Å²) < 4.78 is 2.69. The first kappa shape index (κ1) is 27.8. The molecule has 0 unspecified atom stereocenters. The number of anilines is 1. The van der Waals surface area contributed by atoms with Crippen LogP contribution >= 0.6 is 11.3 Å². The van der Waals surface area contributed by atoms with Crippen LogP contribution in [0.3, 0.4) is 0 Å². The summed E-state index contributed by atoms with van der Waals surface area (Å²) in [6, 6.07) is 22.0. The topological polar surface area (TPSA) is 114 Å². The maximum atomic E-state index is 12.1. The van der Waals surface area contributed by atoms with Crippen molar-refractivity contribution in [2.24, 2.45) is 13.0 Å². The second-order valence-electron chi connectivity index (χ2n) is 11.3. The molecule has 10 heteroatoms. The number of carboxylic acid groups (broad SMARTS) is 1. The third-order valence-electron chi connectivity index (χ3n) is 8.60. The van der Waals surface area contributed by atoms with Gasteiger partial charge in [-0.3, -0.25) is 14.8 Å². The summed E-state index contributed by atoms with van der Waals surface area (Å²) in [5, 5.41) is 19.1. The van der Waals surface area contributed by atoms with E-state index in [1.807, 2.05) is 25.5 Å². The Kier molecular flexibility index (Phi) is 7.35. The Morgan fingerprint density at radius 2 is 1.80 bits per heavy atom. The van der Waals surface area contributed by atoms with E-state index in [0.29, 0.717) is 5.92 Å². The number of benzene rings is 2. The van der Waals surface area contributed by atoms with Gasteiger partial charge in [0.15, 0.2) is 11.5 Å². The Labute approximate surface area is 257 Å². The Morgan fingerprint density at radius 3 is 2.55 bits per heavy atom. The molecule has 4 aromatic heterocycles. The van der Waals surface area contributed by atoms with Crippen molar-refractivity contribution >= 4 is 44.1 Å². The number of aromatic nitrogens is 5. The Morgan fingerprint density at radius 1 is 0.955 bits per heavy atom. The molecule has 5 heterocycles. The molecule has 220 valence electrons. The van der Waals surface area contributed by atoms with Crippen molar-refractivity contribution in [3.8, 4) is 22.4 Å². The number of fused-ring (bicyclic) bond motifs is 2. The van der Waals surface area contributed by atoms with Crippen molar-refractivity contribution in [1.29, 1.82) is 0 Å². The lowest BCUT2D eigenvalue weighted by Gasteiger charge is -2.32. The smallest absolute Gasteiger partial charge is 0.356 e. The molecule has 44 heavy (non-hydrogen) atoms. The number of carbonyl (C=O) groups is 1. The number of pyridine rings is 2. The molecule has 1 aliphatic rings. The summed E-state index contributed by atoms with van der Waals surface area (Å²) in [6.07, 6.45) is 7.97. The summed E-state index contributed by atoms with van der Waals surface area (Å²) in [6.45, 7) is 1.77. The van der Waals surface area contributed by atoms with E-state index in [1.165, 1.54) is 17.4 Å². The standard InChI is InChI=1S/C34H30N6O3S/c1-39-30-18-23(7-11-31(30)44-34(39)43)26-4-2-3-22-17-29(36-20-27(22)26)24-6-9-25(35-19-24)8-5-21-13-15-40(16-14-21)32-12-10-28(33(41)42)37-38-32/h2-4,6-7,9-12,17-21H,5,8,13-16H2,1H3,(H,41,42). The van der Waals surface area contributed by atoms with E-state index in [1.54, 1.807) is 10.6 Å². The number of thiazole rings is 1. The lowest BCUT2D eigenvalue weighted by molar-refractivity contribution is 0.0689. The van der Waals surface area contributed by atoms with Crippen molar-refractivity contribution in [2.75, 3.05) is 18.0 Å². The first-order chi connectivity index (χ1) is 21.4. The monoisotopic (exact) mass is 602 g/mol. The largest absolute Gasteiger partial charge is 0.476 e. The first-order valence-electron chi connectivity index (χ1n) is 14.7. The number of hydrogen-bond acceptors (Lipinski definition) is 8. The zero-order valence-corrected chi connectivity index (χ0v) is 25.0. The van der Waals surface area contributed by atoms with Gasteiger partial charge in [-0.1, -0.05) is 35.6 Å². The molecule has 1 N–H and O–H groups in total. The molecule has 0 spiro atoms. The highest BCUT2D eigenvalue weighted by molar-refractivity contribution is 7.16. The summed E-state index contributed by atoms with van der Waals surface area (Å²) in [7, 11) is 1.81. The summed E-state index contributed by atoms with van der Waals surface area (Å²) in [5.41, 5.74) is 6.00. The number of aryl methyl sites for hydroxylation is 2. The number of piperidine rings is 1. The average molecular weight is 603 g/mol. The lowest BCUT2D eigenvalue weighted by Crippen LogP contribution is -2.34. The molecule has 0 radical (unpaired) electrons. The molecule has 7 rings (SSSR count). The van der Waals surface area contributed by atoms with Crippen molar-refractivity contribution < 1.29 is 9.90 Å². The fourth-order valence-electron chi connectivity index (χ4n) is 6.01. The third-order valence-corrected chi connectivity index (χ3v) is 9.62. The van der Waals surface area contributed by atoms with Gasteiger partial charge in [-0.25, -0.2) is 4.79 Å². The van der Waals surface area contributed by atoms with Crippen LogP contribution in [-0.4, -0.2) is 48.9 Å². The predicted octanol–water partition coefficient (Wildman–Crippen LogP) is 6.21. The molecule has 2 aromatic carbocycles. The quantitative estimate of drug-likeness (QED) is 0.229. The maximum Gasteiger partial charge on any atom is 0.356 e. The van der Waals surface area contributed by atoms with Crippen LogP contribution in [0.4, 0.5) is 5.82 Å². The molecule has 0 aliphatic carbocycles. The Balaban J connectivity index is 0.999. The highest BCUT2D eigenvalue weighted by atomic mass is 32.1. The van der Waals surface area contributed by atoms with Gasteiger partial charge in [0.2, 0.25) is 0 Å². The third kappa shape index (κ3) is 5.44. The average Bonchev–Trinajstić information content (AvgIpc) is 3.35. The van der Waals surface area contributed by atoms with Crippen LogP contribution in [-0.2, 0) is 13.5 Å². The zero-order valence-electron chi connectivity index (χ0n) is 24.2. The van der Waals surface area contributed by atoms with Gasteiger partial charge < -0.3 is 14.6 Å². The van der Waals surface area contributed by atoms with E-state index in [9.17, 15) is 9.59 Å². The second-order valence-corrected chi connectivity index (χ2v) is 12.3. The molecule has 0 bridgehead atoms. The van der Waals surface area contributed by atoms with Gasteiger partial charge in [0.25, 0.3) is 0 Å². The van der Waals surface area contributed by atoms with Crippen LogP contribution < -0.4 is 9.77 Å². The van der Waals surface area contributed by atoms with E-state index >= 15 is 0 Å². The zero-order chi connectivity index (χ0) is 30.2. The van der Waals surface area contributed by atoms with E-state index in [0.717, 1.165) is 93.7 Å². The van der Waals surface area contributed by atoms with Crippen molar-refractivity contribution in [3.63, 3.8) is 0 Å². The van der Waals surface area contributed by atoms with Gasteiger partial charge in [0.05, 0.1) is 15.9 Å². The molecule has 9 nitrogen and oxygen atoms in total. The number of rotatable bonds is 7. The normalized spacial score (nSPS) is 14.0. The Bertz CT molecular complexity index is 2050. The van der Waals surface area contributed by atoms with Crippen molar-refractivity contribution in [2.45, 2.75) is 25.7 Å². The van der Waals surface area contributed by atoms with Gasteiger partial charge in [-0.05, 0) is 90.6 Å². The highest BCUT2D eigenvalue weighted by Crippen LogP contribution is 2.33. The SMILES string of the molecule is Cn1c(=O)sc2ccc(-c3cccc4cc(-c5ccc(CCC6CCN(c7ccc(C(=O)O)nn7)CC6)nc5)ncc34)cc21. The molecular weight excluding hydrogens is 572 g/mol. The second kappa shape index (κ2) is 11.6. The number of aromatic carboxylic acids is 1. The molecular formula is C34H30N6O3S.